The number of methoxy groups -OCH3 is 1. The number of hydroxylamine groups is 1. The van der Waals surface area contributed by atoms with Crippen LogP contribution in [0.25, 0.3) is 0 Å². The molecule has 0 fully saturated rings. The molecule has 2 aromatic carbocycles. The second kappa shape index (κ2) is 14.2. The number of hydrogen-bond acceptors (Lipinski definition) is 7. The van der Waals surface area contributed by atoms with Crippen molar-refractivity contribution in [2.45, 2.75) is 19.4 Å². The fraction of sp³-hybridized carbons (Fsp3) is 0.391. The smallest absolute Gasteiger partial charge is 0.251 e. The number of carbonyl (C=O) groups excluding carboxylic acids is 2. The Kier molecular flexibility index (Phi) is 11.2. The van der Waals surface area contributed by atoms with Gasteiger partial charge in [-0.1, -0.05) is 25.1 Å². The van der Waals surface area contributed by atoms with Crippen LogP contribution < -0.4 is 15.5 Å². The zero-order valence-electron chi connectivity index (χ0n) is 18.3. The predicted molar refractivity (Wildman–Crippen MR) is 117 cm³/mol. The lowest BCUT2D eigenvalue weighted by atomic mass is 10.0. The Morgan fingerprint density at radius 2 is 1.66 bits per heavy atom. The summed E-state index contributed by atoms with van der Waals surface area (Å²) in [5.41, 5.74) is 2.06. The van der Waals surface area contributed by atoms with Gasteiger partial charge in [0.15, 0.2) is 0 Å². The Hall–Kier alpha value is -2.98. The Morgan fingerprint density at radius 1 is 0.969 bits per heavy atom. The maximum absolute atomic E-state index is 12.7. The molecule has 0 aliphatic heterocycles. The SMILES string of the molecule is COCCOCOCC(CC(C)C(=O)NO)NC(=O)c1ccc(Oc2ccccc2)cc1. The van der Waals surface area contributed by atoms with Gasteiger partial charge in [-0.15, -0.1) is 0 Å². The van der Waals surface area contributed by atoms with Crippen LogP contribution >= 0.6 is 0 Å². The van der Waals surface area contributed by atoms with Gasteiger partial charge in [-0.3, -0.25) is 14.8 Å². The summed E-state index contributed by atoms with van der Waals surface area (Å²) in [6.07, 6.45) is 0.269. The van der Waals surface area contributed by atoms with Crippen LogP contribution in [0.5, 0.6) is 11.5 Å². The molecule has 32 heavy (non-hydrogen) atoms. The van der Waals surface area contributed by atoms with Gasteiger partial charge in [0.1, 0.15) is 18.3 Å². The summed E-state index contributed by atoms with van der Waals surface area (Å²) < 4.78 is 21.4. The van der Waals surface area contributed by atoms with E-state index < -0.39 is 17.9 Å². The van der Waals surface area contributed by atoms with Crippen molar-refractivity contribution in [1.82, 2.24) is 10.8 Å². The normalized spacial score (nSPS) is 12.6. The van der Waals surface area contributed by atoms with E-state index in [0.29, 0.717) is 30.3 Å². The van der Waals surface area contributed by atoms with Gasteiger partial charge in [0.05, 0.1) is 25.9 Å². The summed E-state index contributed by atoms with van der Waals surface area (Å²) in [5, 5.41) is 11.7. The number of nitrogens with one attached hydrogen (secondary N) is 2. The van der Waals surface area contributed by atoms with Crippen molar-refractivity contribution in [1.29, 1.82) is 0 Å². The van der Waals surface area contributed by atoms with Crippen LogP contribution in [0.1, 0.15) is 23.7 Å². The fourth-order valence-electron chi connectivity index (χ4n) is 2.83. The largest absolute Gasteiger partial charge is 0.457 e. The zero-order chi connectivity index (χ0) is 23.2. The van der Waals surface area contributed by atoms with Crippen molar-refractivity contribution in [2.75, 3.05) is 33.7 Å². The first kappa shape index (κ1) is 25.3. The van der Waals surface area contributed by atoms with Gasteiger partial charge in [0.25, 0.3) is 5.91 Å². The van der Waals surface area contributed by atoms with Gasteiger partial charge < -0.3 is 24.3 Å². The minimum atomic E-state index is -0.539. The molecular weight excluding hydrogens is 416 g/mol. The molecule has 9 nitrogen and oxygen atoms in total. The molecule has 0 saturated carbocycles. The van der Waals surface area contributed by atoms with E-state index in [1.807, 2.05) is 30.3 Å². The lowest BCUT2D eigenvalue weighted by Crippen LogP contribution is -2.41. The molecule has 174 valence electrons. The highest BCUT2D eigenvalue weighted by atomic mass is 16.7. The van der Waals surface area contributed by atoms with E-state index in [-0.39, 0.29) is 25.7 Å². The van der Waals surface area contributed by atoms with Crippen molar-refractivity contribution < 1.29 is 33.7 Å². The lowest BCUT2D eigenvalue weighted by Gasteiger charge is -2.21. The molecule has 0 radical (unpaired) electrons. The summed E-state index contributed by atoms with van der Waals surface area (Å²) in [6.45, 7) is 2.64. The fourth-order valence-corrected chi connectivity index (χ4v) is 2.83. The van der Waals surface area contributed by atoms with E-state index in [9.17, 15) is 9.59 Å². The van der Waals surface area contributed by atoms with E-state index in [1.165, 1.54) is 0 Å². The van der Waals surface area contributed by atoms with Crippen LogP contribution in [0.3, 0.4) is 0 Å². The van der Waals surface area contributed by atoms with Crippen LogP contribution in [0.2, 0.25) is 0 Å². The van der Waals surface area contributed by atoms with Gasteiger partial charge in [0, 0.05) is 18.6 Å². The second-order valence-corrected chi connectivity index (χ2v) is 7.11. The number of carbonyl (C=O) groups is 2. The average Bonchev–Trinajstić information content (AvgIpc) is 2.81. The molecule has 9 heteroatoms. The Bertz CT molecular complexity index is 815. The van der Waals surface area contributed by atoms with Gasteiger partial charge >= 0.3 is 0 Å². The molecule has 0 aromatic heterocycles. The van der Waals surface area contributed by atoms with E-state index >= 15 is 0 Å². The third-order valence-electron chi connectivity index (χ3n) is 4.54. The molecule has 0 heterocycles. The standard InChI is InChI=1S/C23H30N2O7/c1-17(22(26)25-28)14-19(15-31-16-30-13-12-29-2)24-23(27)18-8-10-21(11-9-18)32-20-6-4-3-5-7-20/h3-11,17,19,28H,12-16H2,1-2H3,(H,24,27)(H,25,26). The van der Waals surface area contributed by atoms with E-state index in [0.717, 1.165) is 0 Å². The van der Waals surface area contributed by atoms with Crippen molar-refractivity contribution in [3.63, 3.8) is 0 Å². The quantitative estimate of drug-likeness (QED) is 0.177. The van der Waals surface area contributed by atoms with E-state index in [4.69, 9.17) is 24.2 Å². The average molecular weight is 447 g/mol. The van der Waals surface area contributed by atoms with Crippen LogP contribution in [0.4, 0.5) is 0 Å². The van der Waals surface area contributed by atoms with Crippen molar-refractivity contribution in [3.05, 3.63) is 60.2 Å². The first-order chi connectivity index (χ1) is 15.5. The topological polar surface area (TPSA) is 115 Å². The molecule has 2 amide bonds. The molecule has 0 aliphatic rings. The van der Waals surface area contributed by atoms with Crippen molar-refractivity contribution in [2.24, 2.45) is 5.92 Å². The number of ether oxygens (including phenoxy) is 4. The van der Waals surface area contributed by atoms with Gasteiger partial charge in [0.2, 0.25) is 5.91 Å². The summed E-state index contributed by atoms with van der Waals surface area (Å²) in [4.78, 5) is 24.4. The number of amides is 2. The third kappa shape index (κ3) is 9.03. The van der Waals surface area contributed by atoms with E-state index in [2.05, 4.69) is 5.32 Å². The van der Waals surface area contributed by atoms with E-state index in [1.54, 1.807) is 43.8 Å². The first-order valence-electron chi connectivity index (χ1n) is 10.3. The molecule has 0 aliphatic carbocycles. The maximum Gasteiger partial charge on any atom is 0.251 e. The summed E-state index contributed by atoms with van der Waals surface area (Å²) >= 11 is 0. The monoisotopic (exact) mass is 446 g/mol. The zero-order valence-corrected chi connectivity index (χ0v) is 18.3. The molecule has 2 rings (SSSR count). The van der Waals surface area contributed by atoms with Gasteiger partial charge in [-0.25, -0.2) is 5.48 Å². The first-order valence-corrected chi connectivity index (χ1v) is 10.3. The summed E-state index contributed by atoms with van der Waals surface area (Å²) in [7, 11) is 1.57. The van der Waals surface area contributed by atoms with Gasteiger partial charge in [-0.2, -0.15) is 0 Å². The van der Waals surface area contributed by atoms with Crippen LogP contribution in [0, 0.1) is 5.92 Å². The Morgan fingerprint density at radius 3 is 2.31 bits per heavy atom. The summed E-state index contributed by atoms with van der Waals surface area (Å²) in [5.74, 6) is -0.0883. The summed E-state index contributed by atoms with van der Waals surface area (Å²) in [6, 6.07) is 15.6. The number of para-hydroxylation sites is 1. The molecule has 0 bridgehead atoms. The molecule has 3 N–H and O–H groups in total. The maximum atomic E-state index is 12.7. The molecule has 0 spiro atoms. The molecular formula is C23H30N2O7. The van der Waals surface area contributed by atoms with Crippen LogP contribution in [-0.2, 0) is 19.0 Å². The number of rotatable bonds is 14. The predicted octanol–water partition coefficient (Wildman–Crippen LogP) is 2.75. The number of hydrogen-bond donors (Lipinski definition) is 3. The minimum Gasteiger partial charge on any atom is -0.457 e. The molecule has 2 unspecified atom stereocenters. The molecule has 2 aromatic rings. The van der Waals surface area contributed by atoms with Crippen LogP contribution in [-0.4, -0.2) is 56.8 Å². The second-order valence-electron chi connectivity index (χ2n) is 7.11. The highest BCUT2D eigenvalue weighted by Gasteiger charge is 2.21. The third-order valence-corrected chi connectivity index (χ3v) is 4.54. The number of benzene rings is 2. The Balaban J connectivity index is 1.93. The highest BCUT2D eigenvalue weighted by molar-refractivity contribution is 5.94. The molecule has 2 atom stereocenters. The van der Waals surface area contributed by atoms with Crippen molar-refractivity contribution >= 4 is 11.8 Å². The minimum absolute atomic E-state index is 0.0296. The molecule has 0 saturated heterocycles. The highest BCUT2D eigenvalue weighted by Crippen LogP contribution is 2.21. The lowest BCUT2D eigenvalue weighted by molar-refractivity contribution is -0.133. The van der Waals surface area contributed by atoms with Gasteiger partial charge in [-0.05, 0) is 42.8 Å². The Labute approximate surface area is 187 Å². The van der Waals surface area contributed by atoms with Crippen molar-refractivity contribution in [3.8, 4) is 11.5 Å². The van der Waals surface area contributed by atoms with Crippen LogP contribution in [0.15, 0.2) is 54.6 Å².